The molecule has 0 aliphatic heterocycles. The zero-order valence-corrected chi connectivity index (χ0v) is 4.68. The number of aliphatic hydroxyl groups is 1. The molecular formula is C5H10O3. The Balaban J connectivity index is 3.58. The summed E-state index contributed by atoms with van der Waals surface area (Å²) in [6.45, 7) is -0.633. The minimum absolute atomic E-state index is 0.203. The van der Waals surface area contributed by atoms with E-state index in [4.69, 9.17) is 7.85 Å². The predicted molar refractivity (Wildman–Crippen MR) is 28.3 cm³/mol. The van der Waals surface area contributed by atoms with Gasteiger partial charge < -0.3 is 9.84 Å². The van der Waals surface area contributed by atoms with Gasteiger partial charge in [0.15, 0.2) is 0 Å². The molecule has 0 amide bonds. The molecule has 48 valence electrons. The van der Waals surface area contributed by atoms with E-state index >= 15 is 0 Å². The molecule has 0 aromatic carbocycles. The van der Waals surface area contributed by atoms with E-state index in [9.17, 15) is 4.79 Å². The average Bonchev–Trinajstić information content (AvgIpc) is 1.59. The van der Waals surface area contributed by atoms with Crippen LogP contribution in [0.25, 0.3) is 0 Å². The minimum Gasteiger partial charge on any atom is -0.466 e. The summed E-state index contributed by atoms with van der Waals surface area (Å²) in [4.78, 5) is 10.4. The maximum atomic E-state index is 10.4. The summed E-state index contributed by atoms with van der Waals surface area (Å²) >= 11 is 0. The van der Waals surface area contributed by atoms with Crippen LogP contribution < -0.4 is 0 Å². The Labute approximate surface area is 51.1 Å². The molecule has 0 fully saturated rings. The predicted octanol–water partition coefficient (Wildman–Crippen LogP) is -0.0681. The standard InChI is InChI=1S/C5H10O3/c1-2-8-5(7)3-4-6/h6H,2-4H2,1H3/i4D2. The third kappa shape index (κ3) is 3.61. The van der Waals surface area contributed by atoms with Crippen LogP contribution in [-0.2, 0) is 9.53 Å². The van der Waals surface area contributed by atoms with Gasteiger partial charge in [0.25, 0.3) is 0 Å². The van der Waals surface area contributed by atoms with E-state index < -0.39 is 18.9 Å². The smallest absolute Gasteiger partial charge is 0.308 e. The highest BCUT2D eigenvalue weighted by molar-refractivity contribution is 5.69. The summed E-state index contributed by atoms with van der Waals surface area (Å²) in [5.74, 6) is -0.727. The molecule has 0 atom stereocenters. The third-order valence-corrected chi connectivity index (χ3v) is 0.529. The SMILES string of the molecule is [2H]C([2H])(O)CC(=O)OCC. The Morgan fingerprint density at radius 2 is 2.62 bits per heavy atom. The topological polar surface area (TPSA) is 46.5 Å². The fourth-order valence-electron chi connectivity index (χ4n) is 0.277. The van der Waals surface area contributed by atoms with Crippen LogP contribution in [0.3, 0.4) is 0 Å². The van der Waals surface area contributed by atoms with Crippen molar-refractivity contribution in [3.8, 4) is 0 Å². The van der Waals surface area contributed by atoms with Gasteiger partial charge in [-0.3, -0.25) is 4.79 Å². The number of ether oxygens (including phenoxy) is 1. The number of hydrogen-bond acceptors (Lipinski definition) is 3. The highest BCUT2D eigenvalue weighted by atomic mass is 16.5. The quantitative estimate of drug-likeness (QED) is 0.530. The molecule has 0 heterocycles. The molecule has 1 N–H and O–H groups in total. The molecule has 0 rings (SSSR count). The van der Waals surface area contributed by atoms with Crippen molar-refractivity contribution in [2.24, 2.45) is 0 Å². The first-order chi connectivity index (χ1) is 4.45. The average molecular weight is 120 g/mol. The molecule has 0 unspecified atom stereocenters. The lowest BCUT2D eigenvalue weighted by Crippen LogP contribution is -2.05. The van der Waals surface area contributed by atoms with Gasteiger partial charge in [0.05, 0.1) is 22.3 Å². The molecule has 0 aliphatic carbocycles. The number of hydrogen-bond donors (Lipinski definition) is 1. The van der Waals surface area contributed by atoms with Gasteiger partial charge in [-0.1, -0.05) is 0 Å². The van der Waals surface area contributed by atoms with Gasteiger partial charge in [0, 0.05) is 0 Å². The lowest BCUT2D eigenvalue weighted by Gasteiger charge is -1.96. The van der Waals surface area contributed by atoms with E-state index in [1.165, 1.54) is 0 Å². The zero-order chi connectivity index (χ0) is 8.20. The molecule has 8 heavy (non-hydrogen) atoms. The van der Waals surface area contributed by atoms with Crippen molar-refractivity contribution in [3.05, 3.63) is 0 Å². The summed E-state index contributed by atoms with van der Waals surface area (Å²) in [5, 5.41) is 8.45. The second kappa shape index (κ2) is 4.59. The van der Waals surface area contributed by atoms with Crippen molar-refractivity contribution >= 4 is 5.97 Å². The van der Waals surface area contributed by atoms with E-state index in [2.05, 4.69) is 4.74 Å². The van der Waals surface area contributed by atoms with Crippen molar-refractivity contribution in [3.63, 3.8) is 0 Å². The van der Waals surface area contributed by atoms with Crippen LogP contribution in [0, 0.1) is 0 Å². The van der Waals surface area contributed by atoms with Gasteiger partial charge in [-0.25, -0.2) is 0 Å². The number of esters is 1. The van der Waals surface area contributed by atoms with Crippen molar-refractivity contribution < 1.29 is 17.4 Å². The molecule has 0 aromatic heterocycles. The maximum Gasteiger partial charge on any atom is 0.308 e. The summed E-state index contributed by atoms with van der Waals surface area (Å²) in [6.07, 6.45) is -0.610. The lowest BCUT2D eigenvalue weighted by molar-refractivity contribution is -0.143. The van der Waals surface area contributed by atoms with E-state index in [-0.39, 0.29) is 6.61 Å². The summed E-state index contributed by atoms with van der Waals surface area (Å²) in [7, 11) is 0. The van der Waals surface area contributed by atoms with Gasteiger partial charge >= 0.3 is 5.97 Å². The largest absolute Gasteiger partial charge is 0.466 e. The second-order valence-corrected chi connectivity index (χ2v) is 1.14. The van der Waals surface area contributed by atoms with Crippen LogP contribution in [-0.4, -0.2) is 24.2 Å². The zero-order valence-electron chi connectivity index (χ0n) is 6.68. The van der Waals surface area contributed by atoms with Crippen LogP contribution >= 0.6 is 0 Å². The van der Waals surface area contributed by atoms with E-state index in [1.807, 2.05) is 0 Å². The van der Waals surface area contributed by atoms with Crippen molar-refractivity contribution in [2.45, 2.75) is 13.3 Å². The van der Waals surface area contributed by atoms with Crippen molar-refractivity contribution in [1.29, 1.82) is 0 Å². The number of carbonyl (C=O) groups is 1. The van der Waals surface area contributed by atoms with Gasteiger partial charge in [-0.15, -0.1) is 0 Å². The molecule has 0 radical (unpaired) electrons. The second-order valence-electron chi connectivity index (χ2n) is 1.14. The lowest BCUT2D eigenvalue weighted by atomic mass is 10.5. The number of rotatable bonds is 3. The normalized spacial score (nSPS) is 14.2. The van der Waals surface area contributed by atoms with Gasteiger partial charge in [-0.2, -0.15) is 0 Å². The molecule has 0 aliphatic rings. The highest BCUT2D eigenvalue weighted by Crippen LogP contribution is 1.82. The third-order valence-electron chi connectivity index (χ3n) is 0.529. The first-order valence-corrected chi connectivity index (χ1v) is 2.33. The Bertz CT molecular complexity index is 119. The molecule has 0 saturated heterocycles. The Hall–Kier alpha value is -0.570. The summed E-state index contributed by atoms with van der Waals surface area (Å²) in [5.41, 5.74) is 0. The molecule has 0 bridgehead atoms. The first-order valence-electron chi connectivity index (χ1n) is 3.33. The van der Waals surface area contributed by atoms with Gasteiger partial charge in [0.2, 0.25) is 0 Å². The monoisotopic (exact) mass is 120 g/mol. The van der Waals surface area contributed by atoms with Crippen molar-refractivity contribution in [1.82, 2.24) is 0 Å². The summed E-state index contributed by atoms with van der Waals surface area (Å²) < 4.78 is 17.5. The first kappa shape index (κ1) is 4.32. The molecule has 0 spiro atoms. The fourth-order valence-corrected chi connectivity index (χ4v) is 0.277. The molecular weight excluding hydrogens is 108 g/mol. The van der Waals surface area contributed by atoms with E-state index in [0.717, 1.165) is 0 Å². The van der Waals surface area contributed by atoms with Crippen LogP contribution in [0.2, 0.25) is 0 Å². The van der Waals surface area contributed by atoms with Crippen LogP contribution in [0.1, 0.15) is 16.1 Å². The minimum atomic E-state index is -2.45. The Kier molecular flexibility index (Phi) is 2.48. The van der Waals surface area contributed by atoms with Gasteiger partial charge in [0.1, 0.15) is 0 Å². The maximum absolute atomic E-state index is 10.4. The van der Waals surface area contributed by atoms with Crippen LogP contribution in [0.15, 0.2) is 0 Å². The molecule has 3 heteroatoms. The fraction of sp³-hybridized carbons (Fsp3) is 0.800. The van der Waals surface area contributed by atoms with Crippen molar-refractivity contribution in [2.75, 3.05) is 13.2 Å². The van der Waals surface area contributed by atoms with Crippen LogP contribution in [0.4, 0.5) is 0 Å². The molecule has 0 saturated carbocycles. The van der Waals surface area contributed by atoms with E-state index in [1.54, 1.807) is 6.92 Å². The van der Waals surface area contributed by atoms with E-state index in [0.29, 0.717) is 0 Å². The number of carbonyl (C=O) groups excluding carboxylic acids is 1. The highest BCUT2D eigenvalue weighted by Gasteiger charge is 1.96. The summed E-state index contributed by atoms with van der Waals surface area (Å²) in [6, 6.07) is 0. The molecule has 3 nitrogen and oxygen atoms in total. The van der Waals surface area contributed by atoms with Crippen LogP contribution in [0.5, 0.6) is 0 Å². The molecule has 0 aromatic rings. The Morgan fingerprint density at radius 1 is 2.00 bits per heavy atom. The Morgan fingerprint density at radius 3 is 3.00 bits per heavy atom. The van der Waals surface area contributed by atoms with Gasteiger partial charge in [-0.05, 0) is 6.92 Å².